The summed E-state index contributed by atoms with van der Waals surface area (Å²) in [6, 6.07) is 20.9. The number of para-hydroxylation sites is 2. The number of sulfonamides is 1. The maximum Gasteiger partial charge on any atom is 0.264 e. The lowest BCUT2D eigenvalue weighted by atomic mass is 10.2. The number of carbonyl (C=O) groups is 1. The van der Waals surface area contributed by atoms with Gasteiger partial charge < -0.3 is 14.8 Å². The van der Waals surface area contributed by atoms with Crippen molar-refractivity contribution in [1.29, 1.82) is 0 Å². The Morgan fingerprint density at radius 3 is 2.26 bits per heavy atom. The molecule has 1 N–H and O–H groups in total. The lowest BCUT2D eigenvalue weighted by molar-refractivity contribution is -0.119. The molecule has 9 heteroatoms. The van der Waals surface area contributed by atoms with Crippen LogP contribution in [0.25, 0.3) is 0 Å². The average Bonchev–Trinajstić information content (AvgIpc) is 2.86. The fourth-order valence-corrected chi connectivity index (χ4v) is 5.39. The number of amides is 1. The van der Waals surface area contributed by atoms with E-state index in [4.69, 9.17) is 9.47 Å². The predicted octanol–water partition coefficient (Wildman–Crippen LogP) is 4.12. The number of ether oxygens (including phenoxy) is 2. The third-order valence-corrected chi connectivity index (χ3v) is 7.79. The second kappa shape index (κ2) is 11.8. The highest BCUT2D eigenvalue weighted by Crippen LogP contribution is 2.32. The number of thioether (sulfide) groups is 1. The molecule has 0 unspecified atom stereocenters. The van der Waals surface area contributed by atoms with Crippen LogP contribution in [0, 0.1) is 6.92 Å². The van der Waals surface area contributed by atoms with E-state index in [9.17, 15) is 13.2 Å². The van der Waals surface area contributed by atoms with E-state index in [1.807, 2.05) is 31.2 Å². The van der Waals surface area contributed by atoms with E-state index < -0.39 is 15.9 Å². The minimum absolute atomic E-state index is 0.0435. The van der Waals surface area contributed by atoms with Crippen LogP contribution in [0.3, 0.4) is 0 Å². The van der Waals surface area contributed by atoms with Gasteiger partial charge in [-0.3, -0.25) is 9.10 Å². The lowest BCUT2D eigenvalue weighted by Gasteiger charge is -2.25. The maximum absolute atomic E-state index is 13.5. The standard InChI is InChI=1S/C25H28N2O5S2/c1-19-8-12-21(13-9-19)33-17-16-26-25(28)18-27(23-6-4-5-7-24(23)32-3)34(29,30)22-14-10-20(31-2)11-15-22/h4-15H,16-18H2,1-3H3,(H,26,28). The lowest BCUT2D eigenvalue weighted by Crippen LogP contribution is -2.41. The second-order valence-electron chi connectivity index (χ2n) is 7.37. The van der Waals surface area contributed by atoms with Gasteiger partial charge in [-0.15, -0.1) is 11.8 Å². The molecule has 0 aliphatic rings. The zero-order valence-corrected chi connectivity index (χ0v) is 21.0. The highest BCUT2D eigenvalue weighted by Gasteiger charge is 2.29. The molecule has 3 aromatic rings. The third-order valence-electron chi connectivity index (χ3n) is 5.00. The van der Waals surface area contributed by atoms with Gasteiger partial charge in [0, 0.05) is 17.2 Å². The first-order chi connectivity index (χ1) is 16.3. The Morgan fingerprint density at radius 1 is 0.941 bits per heavy atom. The van der Waals surface area contributed by atoms with Gasteiger partial charge in [-0.2, -0.15) is 0 Å². The Hall–Kier alpha value is -3.17. The van der Waals surface area contributed by atoms with Crippen molar-refractivity contribution in [2.45, 2.75) is 16.7 Å². The Labute approximate surface area is 205 Å². The summed E-state index contributed by atoms with van der Waals surface area (Å²) in [6.07, 6.45) is 0. The van der Waals surface area contributed by atoms with Crippen molar-refractivity contribution < 1.29 is 22.7 Å². The van der Waals surface area contributed by atoms with Gasteiger partial charge in [0.15, 0.2) is 0 Å². The smallest absolute Gasteiger partial charge is 0.264 e. The molecule has 0 aliphatic heterocycles. The first-order valence-corrected chi connectivity index (χ1v) is 13.0. The van der Waals surface area contributed by atoms with Crippen LogP contribution in [0.15, 0.2) is 82.6 Å². The van der Waals surface area contributed by atoms with E-state index in [0.717, 1.165) is 9.20 Å². The largest absolute Gasteiger partial charge is 0.497 e. The molecule has 1 amide bonds. The molecular formula is C25H28N2O5S2. The first-order valence-electron chi connectivity index (χ1n) is 10.6. The number of hydrogen-bond acceptors (Lipinski definition) is 6. The fraction of sp³-hybridized carbons (Fsp3) is 0.240. The number of benzene rings is 3. The Balaban J connectivity index is 1.75. The van der Waals surface area contributed by atoms with Gasteiger partial charge in [0.25, 0.3) is 10.0 Å². The quantitative estimate of drug-likeness (QED) is 0.315. The second-order valence-corrected chi connectivity index (χ2v) is 10.4. The number of anilines is 1. The van der Waals surface area contributed by atoms with Crippen molar-refractivity contribution in [2.24, 2.45) is 0 Å². The fourth-order valence-electron chi connectivity index (χ4n) is 3.19. The molecule has 0 radical (unpaired) electrons. The molecule has 0 aromatic heterocycles. The molecule has 0 saturated carbocycles. The first kappa shape index (κ1) is 25.5. The van der Waals surface area contributed by atoms with Gasteiger partial charge in [0.1, 0.15) is 18.0 Å². The van der Waals surface area contributed by atoms with Crippen LogP contribution in [0.2, 0.25) is 0 Å². The number of rotatable bonds is 11. The minimum atomic E-state index is -4.05. The number of methoxy groups -OCH3 is 2. The van der Waals surface area contributed by atoms with Gasteiger partial charge in [0.05, 0.1) is 24.8 Å². The molecule has 180 valence electrons. The molecule has 0 spiro atoms. The van der Waals surface area contributed by atoms with E-state index in [2.05, 4.69) is 5.32 Å². The molecule has 0 heterocycles. The van der Waals surface area contributed by atoms with E-state index in [1.165, 1.54) is 31.9 Å². The van der Waals surface area contributed by atoms with Crippen molar-refractivity contribution in [1.82, 2.24) is 5.32 Å². The number of carbonyl (C=O) groups excluding carboxylic acids is 1. The molecule has 3 aromatic carbocycles. The molecule has 34 heavy (non-hydrogen) atoms. The van der Waals surface area contributed by atoms with Gasteiger partial charge in [0.2, 0.25) is 5.91 Å². The summed E-state index contributed by atoms with van der Waals surface area (Å²) >= 11 is 1.62. The van der Waals surface area contributed by atoms with Gasteiger partial charge in [-0.25, -0.2) is 8.42 Å². The van der Waals surface area contributed by atoms with Crippen LogP contribution in [0.5, 0.6) is 11.5 Å². The summed E-state index contributed by atoms with van der Waals surface area (Å²) in [4.78, 5) is 13.9. The SMILES string of the molecule is COc1ccc(S(=O)(=O)N(CC(=O)NCCSc2ccc(C)cc2)c2ccccc2OC)cc1. The summed E-state index contributed by atoms with van der Waals surface area (Å²) in [5.41, 5.74) is 1.47. The normalized spacial score (nSPS) is 11.0. The summed E-state index contributed by atoms with van der Waals surface area (Å²) in [5, 5.41) is 2.82. The summed E-state index contributed by atoms with van der Waals surface area (Å²) in [6.45, 7) is 2.05. The Kier molecular flexibility index (Phi) is 8.84. The number of nitrogens with zero attached hydrogens (tertiary/aromatic N) is 1. The van der Waals surface area contributed by atoms with E-state index in [1.54, 1.807) is 48.2 Å². The molecule has 0 saturated heterocycles. The summed E-state index contributed by atoms with van der Waals surface area (Å²) in [7, 11) is -1.09. The molecule has 0 bridgehead atoms. The molecule has 0 fully saturated rings. The van der Waals surface area contributed by atoms with Gasteiger partial charge in [-0.05, 0) is 55.5 Å². The highest BCUT2D eigenvalue weighted by atomic mass is 32.2. The van der Waals surface area contributed by atoms with Crippen molar-refractivity contribution in [3.8, 4) is 11.5 Å². The van der Waals surface area contributed by atoms with Crippen molar-refractivity contribution in [3.63, 3.8) is 0 Å². The van der Waals surface area contributed by atoms with Crippen molar-refractivity contribution in [3.05, 3.63) is 78.4 Å². The van der Waals surface area contributed by atoms with Crippen LogP contribution < -0.4 is 19.1 Å². The predicted molar refractivity (Wildman–Crippen MR) is 135 cm³/mol. The van der Waals surface area contributed by atoms with E-state index in [0.29, 0.717) is 23.8 Å². The van der Waals surface area contributed by atoms with Gasteiger partial charge >= 0.3 is 0 Å². The van der Waals surface area contributed by atoms with Crippen LogP contribution in [0.1, 0.15) is 5.56 Å². The van der Waals surface area contributed by atoms with Crippen LogP contribution in [0.4, 0.5) is 5.69 Å². The molecule has 7 nitrogen and oxygen atoms in total. The minimum Gasteiger partial charge on any atom is -0.497 e. The number of nitrogens with one attached hydrogen (secondary N) is 1. The molecular weight excluding hydrogens is 472 g/mol. The van der Waals surface area contributed by atoms with E-state index >= 15 is 0 Å². The highest BCUT2D eigenvalue weighted by molar-refractivity contribution is 7.99. The van der Waals surface area contributed by atoms with E-state index in [-0.39, 0.29) is 17.1 Å². The zero-order valence-electron chi connectivity index (χ0n) is 19.4. The molecule has 0 aliphatic carbocycles. The number of hydrogen-bond donors (Lipinski definition) is 1. The zero-order chi connectivity index (χ0) is 24.6. The van der Waals surface area contributed by atoms with Gasteiger partial charge in [-0.1, -0.05) is 29.8 Å². The van der Waals surface area contributed by atoms with Crippen LogP contribution in [-0.4, -0.2) is 47.4 Å². The Morgan fingerprint density at radius 2 is 1.62 bits per heavy atom. The maximum atomic E-state index is 13.5. The average molecular weight is 501 g/mol. The van der Waals surface area contributed by atoms with Crippen molar-refractivity contribution >= 4 is 33.4 Å². The molecule has 0 atom stereocenters. The van der Waals surface area contributed by atoms with Crippen LogP contribution >= 0.6 is 11.8 Å². The summed E-state index contributed by atoms with van der Waals surface area (Å²) in [5.74, 6) is 1.13. The Bertz CT molecular complexity index is 1200. The van der Waals surface area contributed by atoms with Crippen molar-refractivity contribution in [2.75, 3.05) is 37.4 Å². The molecule has 3 rings (SSSR count). The number of aryl methyl sites for hydroxylation is 1. The monoisotopic (exact) mass is 500 g/mol. The van der Waals surface area contributed by atoms with Crippen LogP contribution in [-0.2, 0) is 14.8 Å². The topological polar surface area (TPSA) is 84.9 Å². The summed E-state index contributed by atoms with van der Waals surface area (Å²) < 4.78 is 38.6. The third kappa shape index (κ3) is 6.45.